The van der Waals surface area contributed by atoms with Crippen LogP contribution < -0.4 is 5.32 Å². The van der Waals surface area contributed by atoms with Crippen molar-refractivity contribution in [3.8, 4) is 0 Å². The molecule has 2 rings (SSSR count). The first-order chi connectivity index (χ1) is 13.6. The molecule has 1 N–H and O–H groups in total. The predicted octanol–water partition coefficient (Wildman–Crippen LogP) is 2.93. The molecular formula is C21H23NO6S. The molecule has 0 aliphatic rings. The first-order valence-electron chi connectivity index (χ1n) is 8.99. The van der Waals surface area contributed by atoms with Gasteiger partial charge in [-0.1, -0.05) is 29.8 Å². The molecule has 0 fully saturated rings. The number of hydrogen-bond acceptors (Lipinski definition) is 6. The summed E-state index contributed by atoms with van der Waals surface area (Å²) in [4.78, 5) is 35.7. The number of ether oxygens (including phenoxy) is 1. The van der Waals surface area contributed by atoms with Crippen LogP contribution in [0.3, 0.4) is 0 Å². The number of rotatable bonds is 8. The van der Waals surface area contributed by atoms with E-state index in [4.69, 9.17) is 4.74 Å². The van der Waals surface area contributed by atoms with Crippen LogP contribution in [0.4, 0.5) is 5.69 Å². The lowest BCUT2D eigenvalue weighted by atomic mass is 10.1. The summed E-state index contributed by atoms with van der Waals surface area (Å²) in [6.45, 7) is 4.64. The van der Waals surface area contributed by atoms with Gasteiger partial charge in [-0.15, -0.1) is 0 Å². The van der Waals surface area contributed by atoms with Crippen LogP contribution in [0.15, 0.2) is 53.4 Å². The van der Waals surface area contributed by atoms with Gasteiger partial charge in [0, 0.05) is 11.3 Å². The van der Waals surface area contributed by atoms with Gasteiger partial charge >= 0.3 is 5.97 Å². The molecule has 0 spiro atoms. The smallest absolute Gasteiger partial charge is 0.307 e. The summed E-state index contributed by atoms with van der Waals surface area (Å²) < 4.78 is 29.6. The molecule has 29 heavy (non-hydrogen) atoms. The zero-order valence-corrected chi connectivity index (χ0v) is 17.3. The second kappa shape index (κ2) is 9.47. The second-order valence-corrected chi connectivity index (χ2v) is 8.75. The highest BCUT2D eigenvalue weighted by atomic mass is 32.2. The Morgan fingerprint density at radius 3 is 2.34 bits per heavy atom. The van der Waals surface area contributed by atoms with Crippen LogP contribution in [-0.4, -0.2) is 37.9 Å². The van der Waals surface area contributed by atoms with Crippen molar-refractivity contribution in [2.24, 2.45) is 0 Å². The maximum absolute atomic E-state index is 12.3. The maximum atomic E-state index is 12.3. The van der Waals surface area contributed by atoms with E-state index in [1.807, 2.05) is 6.92 Å². The zero-order chi connectivity index (χ0) is 21.6. The molecule has 7 nitrogen and oxygen atoms in total. The molecule has 0 unspecified atom stereocenters. The molecule has 154 valence electrons. The summed E-state index contributed by atoms with van der Waals surface area (Å²) in [5.41, 5.74) is 1.76. The molecule has 0 aliphatic heterocycles. The van der Waals surface area contributed by atoms with E-state index in [1.165, 1.54) is 32.0 Å². The maximum Gasteiger partial charge on any atom is 0.307 e. The van der Waals surface area contributed by atoms with Gasteiger partial charge in [-0.05, 0) is 45.0 Å². The minimum absolute atomic E-state index is 0.132. The Morgan fingerprint density at radius 2 is 1.72 bits per heavy atom. The number of sulfone groups is 1. The summed E-state index contributed by atoms with van der Waals surface area (Å²) in [5, 5.41) is 2.56. The van der Waals surface area contributed by atoms with Crippen molar-refractivity contribution in [1.82, 2.24) is 0 Å². The van der Waals surface area contributed by atoms with Gasteiger partial charge < -0.3 is 10.1 Å². The van der Waals surface area contributed by atoms with Gasteiger partial charge in [-0.25, -0.2) is 8.42 Å². The van der Waals surface area contributed by atoms with Crippen LogP contribution in [-0.2, 0) is 24.2 Å². The Labute approximate surface area is 170 Å². The lowest BCUT2D eigenvalue weighted by molar-refractivity contribution is -0.152. The van der Waals surface area contributed by atoms with E-state index in [0.29, 0.717) is 11.3 Å². The van der Waals surface area contributed by atoms with Crippen molar-refractivity contribution in [2.75, 3.05) is 11.1 Å². The summed E-state index contributed by atoms with van der Waals surface area (Å²) in [6, 6.07) is 12.7. The number of carbonyl (C=O) groups is 3. The van der Waals surface area contributed by atoms with Crippen LogP contribution in [0, 0.1) is 6.92 Å². The van der Waals surface area contributed by atoms with Crippen molar-refractivity contribution in [1.29, 1.82) is 0 Å². The van der Waals surface area contributed by atoms with Gasteiger partial charge in [0.05, 0.1) is 17.1 Å². The Balaban J connectivity index is 1.89. The van der Waals surface area contributed by atoms with E-state index in [0.717, 1.165) is 5.56 Å². The highest BCUT2D eigenvalue weighted by Crippen LogP contribution is 2.14. The molecule has 2 aromatic rings. The summed E-state index contributed by atoms with van der Waals surface area (Å²) in [7, 11) is -3.62. The number of Topliss-reactive ketones (excluding diaryl/α,β-unsaturated/α-hetero) is 1. The summed E-state index contributed by atoms with van der Waals surface area (Å²) in [5.74, 6) is -1.93. The molecule has 0 bridgehead atoms. The van der Waals surface area contributed by atoms with Gasteiger partial charge in [0.2, 0.25) is 0 Å². The number of hydrogen-bond donors (Lipinski definition) is 1. The van der Waals surface area contributed by atoms with Crippen LogP contribution in [0.2, 0.25) is 0 Å². The topological polar surface area (TPSA) is 107 Å². The zero-order valence-electron chi connectivity index (χ0n) is 16.5. The first-order valence-corrected chi connectivity index (χ1v) is 10.6. The molecule has 0 aromatic heterocycles. The molecule has 1 atom stereocenters. The van der Waals surface area contributed by atoms with Crippen molar-refractivity contribution in [3.05, 3.63) is 59.7 Å². The standard InChI is InChI=1S/C21H23NO6S/c1-14-7-9-19(10-8-14)29(26,27)12-11-20(24)28-16(3)21(25)22-18-6-4-5-17(13-18)15(2)23/h4-10,13,16H,11-12H2,1-3H3,(H,22,25)/t16-/m1/s1. The SMILES string of the molecule is CC(=O)c1cccc(NC(=O)[C@@H](C)OC(=O)CCS(=O)(=O)c2ccc(C)cc2)c1. The quantitative estimate of drug-likeness (QED) is 0.523. The Morgan fingerprint density at radius 1 is 1.07 bits per heavy atom. The fourth-order valence-corrected chi connectivity index (χ4v) is 3.67. The van der Waals surface area contributed by atoms with E-state index >= 15 is 0 Å². The number of ketones is 1. The molecule has 0 aliphatic carbocycles. The Hall–Kier alpha value is -3.00. The average molecular weight is 417 g/mol. The van der Waals surface area contributed by atoms with Crippen LogP contribution in [0.5, 0.6) is 0 Å². The third-order valence-corrected chi connectivity index (χ3v) is 5.90. The highest BCUT2D eigenvalue weighted by molar-refractivity contribution is 7.91. The highest BCUT2D eigenvalue weighted by Gasteiger charge is 2.21. The predicted molar refractivity (Wildman–Crippen MR) is 108 cm³/mol. The molecule has 0 saturated carbocycles. The second-order valence-electron chi connectivity index (χ2n) is 6.64. The van der Waals surface area contributed by atoms with Crippen molar-refractivity contribution < 1.29 is 27.5 Å². The number of aryl methyl sites for hydroxylation is 1. The van der Waals surface area contributed by atoms with Gasteiger partial charge in [-0.3, -0.25) is 14.4 Å². The largest absolute Gasteiger partial charge is 0.453 e. The third-order valence-electron chi connectivity index (χ3n) is 4.17. The van der Waals surface area contributed by atoms with Gasteiger partial charge in [-0.2, -0.15) is 0 Å². The summed E-state index contributed by atoms with van der Waals surface area (Å²) in [6.07, 6.45) is -1.49. The fourth-order valence-electron chi connectivity index (χ4n) is 2.45. The lowest BCUT2D eigenvalue weighted by Gasteiger charge is -2.14. The molecule has 0 saturated heterocycles. The van der Waals surface area contributed by atoms with Crippen molar-refractivity contribution >= 4 is 33.2 Å². The minimum atomic E-state index is -3.62. The third kappa shape index (κ3) is 6.53. The minimum Gasteiger partial charge on any atom is -0.453 e. The number of carbonyl (C=O) groups excluding carboxylic acids is 3. The van der Waals surface area contributed by atoms with Crippen LogP contribution >= 0.6 is 0 Å². The molecule has 0 radical (unpaired) electrons. The number of benzene rings is 2. The van der Waals surface area contributed by atoms with Crippen LogP contribution in [0.1, 0.15) is 36.2 Å². The lowest BCUT2D eigenvalue weighted by Crippen LogP contribution is -2.30. The number of anilines is 1. The van der Waals surface area contributed by atoms with Crippen molar-refractivity contribution in [3.63, 3.8) is 0 Å². The van der Waals surface area contributed by atoms with Gasteiger partial charge in [0.15, 0.2) is 21.7 Å². The van der Waals surface area contributed by atoms with Crippen LogP contribution in [0.25, 0.3) is 0 Å². The number of nitrogens with one attached hydrogen (secondary N) is 1. The van der Waals surface area contributed by atoms with E-state index in [-0.39, 0.29) is 17.1 Å². The van der Waals surface area contributed by atoms with E-state index in [1.54, 1.807) is 30.3 Å². The summed E-state index contributed by atoms with van der Waals surface area (Å²) >= 11 is 0. The van der Waals surface area contributed by atoms with Gasteiger partial charge in [0.1, 0.15) is 0 Å². The number of amides is 1. The molecular weight excluding hydrogens is 394 g/mol. The Bertz CT molecular complexity index is 1010. The molecule has 1 amide bonds. The molecule has 8 heteroatoms. The van der Waals surface area contributed by atoms with E-state index in [2.05, 4.69) is 5.32 Å². The number of esters is 1. The molecule has 0 heterocycles. The Kier molecular flexibility index (Phi) is 7.28. The van der Waals surface area contributed by atoms with E-state index < -0.39 is 33.6 Å². The monoisotopic (exact) mass is 417 g/mol. The van der Waals surface area contributed by atoms with E-state index in [9.17, 15) is 22.8 Å². The first kappa shape index (κ1) is 22.3. The fraction of sp³-hybridized carbons (Fsp3) is 0.286. The normalized spacial score (nSPS) is 12.1. The molecule has 2 aromatic carbocycles. The van der Waals surface area contributed by atoms with Crippen molar-refractivity contribution in [2.45, 2.75) is 38.2 Å². The van der Waals surface area contributed by atoms with Gasteiger partial charge in [0.25, 0.3) is 5.91 Å². The average Bonchev–Trinajstić information content (AvgIpc) is 2.67.